The van der Waals surface area contributed by atoms with Gasteiger partial charge in [-0.2, -0.15) is 5.10 Å². The van der Waals surface area contributed by atoms with Gasteiger partial charge in [0.25, 0.3) is 0 Å². The number of hydrogen-bond acceptors (Lipinski definition) is 4. The van der Waals surface area contributed by atoms with Crippen LogP contribution in [0.3, 0.4) is 0 Å². The number of nitrogens with one attached hydrogen (secondary N) is 1. The monoisotopic (exact) mass is 209 g/mol. The molecule has 2 aromatic heterocycles. The van der Waals surface area contributed by atoms with Crippen LogP contribution in [0.25, 0.3) is 11.0 Å². The number of rotatable bonds is 1. The number of nitrogens with zero attached hydrogens (tertiary/aromatic N) is 4. The zero-order valence-corrected chi connectivity index (χ0v) is 8.50. The van der Waals surface area contributed by atoms with E-state index in [2.05, 4.69) is 24.9 Å². The lowest BCUT2D eigenvalue weighted by atomic mass is 10.2. The second kappa shape index (κ2) is 3.34. The van der Waals surface area contributed by atoms with Crippen molar-refractivity contribution in [2.24, 2.45) is 9.75 Å². The van der Waals surface area contributed by atoms with Crippen LogP contribution in [-0.2, 0) is 0 Å². The van der Waals surface area contributed by atoms with Gasteiger partial charge in [-0.05, 0) is 25.5 Å². The van der Waals surface area contributed by atoms with Crippen molar-refractivity contribution in [2.45, 2.75) is 13.8 Å². The maximum atomic E-state index is 5.17. The number of pyridine rings is 1. The van der Waals surface area contributed by atoms with Gasteiger partial charge < -0.3 is 0 Å². The first kappa shape index (κ1) is 9.08. The van der Waals surface area contributed by atoms with Crippen molar-refractivity contribution in [3.8, 4) is 0 Å². The number of H-pyrrole nitrogens is 1. The second-order valence-electron chi connectivity index (χ2n) is 3.03. The van der Waals surface area contributed by atoms with Crippen LogP contribution in [0.1, 0.15) is 11.3 Å². The summed E-state index contributed by atoms with van der Waals surface area (Å²) in [4.78, 5) is 4.25. The fraction of sp³-hybridized carbons (Fsp3) is 0.250. The predicted octanol–water partition coefficient (Wildman–Crippen LogP) is 2.81. The highest BCUT2D eigenvalue weighted by Gasteiger charge is 2.09. The Balaban J connectivity index is 2.78. The number of fused-ring (bicyclic) bond motifs is 1. The summed E-state index contributed by atoms with van der Waals surface area (Å²) in [5.41, 5.74) is 2.62. The predicted molar refractivity (Wildman–Crippen MR) is 53.7 cm³/mol. The molecule has 6 heteroatoms. The van der Waals surface area contributed by atoms with E-state index in [1.165, 1.54) is 0 Å². The van der Waals surface area contributed by atoms with Crippen molar-refractivity contribution in [3.63, 3.8) is 0 Å². The number of aromatic nitrogens is 3. The molecule has 0 aliphatic heterocycles. The molecular formula is C8H8ClN5. The molecule has 0 spiro atoms. The lowest BCUT2D eigenvalue weighted by Crippen LogP contribution is -1.84. The molecule has 0 aliphatic carbocycles. The molecule has 14 heavy (non-hydrogen) atoms. The third-order valence-electron chi connectivity index (χ3n) is 1.97. The molecule has 0 fully saturated rings. The Labute approximate surface area is 85.3 Å². The molecule has 0 atom stereocenters. The Bertz CT molecular complexity index is 502. The van der Waals surface area contributed by atoms with Crippen LogP contribution in [-0.4, -0.2) is 15.2 Å². The highest BCUT2D eigenvalue weighted by molar-refractivity contribution is 6.14. The van der Waals surface area contributed by atoms with Crippen LogP contribution in [0, 0.1) is 13.8 Å². The van der Waals surface area contributed by atoms with Gasteiger partial charge in [0.2, 0.25) is 0 Å². The number of halogens is 1. The number of aryl methyl sites for hydroxylation is 2. The van der Waals surface area contributed by atoms with E-state index >= 15 is 0 Å². The molecule has 72 valence electrons. The van der Waals surface area contributed by atoms with E-state index in [1.54, 1.807) is 0 Å². The van der Waals surface area contributed by atoms with Crippen molar-refractivity contribution in [1.82, 2.24) is 15.2 Å². The molecule has 0 aliphatic rings. The van der Waals surface area contributed by atoms with Gasteiger partial charge in [-0.3, -0.25) is 5.10 Å². The van der Waals surface area contributed by atoms with E-state index in [-0.39, 0.29) is 0 Å². The zero-order chi connectivity index (χ0) is 10.1. The van der Waals surface area contributed by atoms with E-state index in [1.807, 2.05) is 19.9 Å². The van der Waals surface area contributed by atoms with E-state index in [0.717, 1.165) is 16.6 Å². The minimum absolute atomic E-state index is 0.542. The van der Waals surface area contributed by atoms with E-state index in [4.69, 9.17) is 11.8 Å². The van der Waals surface area contributed by atoms with Gasteiger partial charge in [0, 0.05) is 5.69 Å². The fourth-order valence-corrected chi connectivity index (χ4v) is 1.54. The highest BCUT2D eigenvalue weighted by atomic mass is 35.5. The molecule has 0 bridgehead atoms. The second-order valence-corrected chi connectivity index (χ2v) is 3.18. The highest BCUT2D eigenvalue weighted by Crippen LogP contribution is 2.25. The van der Waals surface area contributed by atoms with Crippen LogP contribution in [0.2, 0.25) is 0 Å². The molecule has 0 saturated heterocycles. The normalized spacial score (nSPS) is 11.6. The maximum Gasteiger partial charge on any atom is 0.183 e. The summed E-state index contributed by atoms with van der Waals surface area (Å²) >= 11 is 5.17. The summed E-state index contributed by atoms with van der Waals surface area (Å²) < 4.78 is 3.19. The summed E-state index contributed by atoms with van der Waals surface area (Å²) in [5.74, 6) is 0.542. The molecule has 0 amide bonds. The van der Waals surface area contributed by atoms with Gasteiger partial charge in [-0.15, -0.1) is 5.11 Å². The third kappa shape index (κ3) is 1.35. The maximum absolute atomic E-state index is 5.17. The molecule has 0 saturated carbocycles. The summed E-state index contributed by atoms with van der Waals surface area (Å²) in [6, 6.07) is 1.96. The van der Waals surface area contributed by atoms with Gasteiger partial charge in [0.15, 0.2) is 11.5 Å². The van der Waals surface area contributed by atoms with Crippen LogP contribution in [0.4, 0.5) is 5.82 Å². The Morgan fingerprint density at radius 1 is 1.43 bits per heavy atom. The summed E-state index contributed by atoms with van der Waals surface area (Å²) in [7, 11) is 0. The Morgan fingerprint density at radius 3 is 2.93 bits per heavy atom. The van der Waals surface area contributed by atoms with Crippen LogP contribution < -0.4 is 0 Å². The van der Waals surface area contributed by atoms with E-state index < -0.39 is 0 Å². The molecule has 5 nitrogen and oxygen atoms in total. The Hall–Kier alpha value is -1.49. The first-order chi connectivity index (χ1) is 6.72. The van der Waals surface area contributed by atoms with E-state index in [0.29, 0.717) is 11.5 Å². The minimum Gasteiger partial charge on any atom is -0.257 e. The Kier molecular flexibility index (Phi) is 2.17. The van der Waals surface area contributed by atoms with Crippen LogP contribution >= 0.6 is 11.8 Å². The van der Waals surface area contributed by atoms with Crippen molar-refractivity contribution in [1.29, 1.82) is 0 Å². The molecule has 2 aromatic rings. The standard InChI is InChI=1S/C8H8ClN5/c1-4-3-5(2)10-7-6(4)8(12-11-7)13-14-9/h3H,1-2H3,(H,10,11,12)/b14-13+. The molecule has 2 heterocycles. The average Bonchev–Trinajstić information content (AvgIpc) is 2.49. The van der Waals surface area contributed by atoms with Crippen LogP contribution in [0.5, 0.6) is 0 Å². The van der Waals surface area contributed by atoms with Crippen molar-refractivity contribution in [2.75, 3.05) is 0 Å². The smallest absolute Gasteiger partial charge is 0.183 e. The molecular weight excluding hydrogens is 202 g/mol. The zero-order valence-electron chi connectivity index (χ0n) is 7.74. The lowest BCUT2D eigenvalue weighted by molar-refractivity contribution is 1.07. The quantitative estimate of drug-likeness (QED) is 0.734. The molecule has 0 radical (unpaired) electrons. The van der Waals surface area contributed by atoms with E-state index in [9.17, 15) is 0 Å². The van der Waals surface area contributed by atoms with Gasteiger partial charge >= 0.3 is 0 Å². The third-order valence-corrected chi connectivity index (χ3v) is 2.04. The van der Waals surface area contributed by atoms with Crippen molar-refractivity contribution in [3.05, 3.63) is 17.3 Å². The van der Waals surface area contributed by atoms with Gasteiger partial charge in [-0.1, -0.05) is 4.63 Å². The van der Waals surface area contributed by atoms with Gasteiger partial charge in [0.05, 0.1) is 17.2 Å². The van der Waals surface area contributed by atoms with Crippen molar-refractivity contribution >= 4 is 28.6 Å². The molecule has 2 rings (SSSR count). The summed E-state index contributed by atoms with van der Waals surface area (Å²) in [5, 5.41) is 11.3. The molecule has 0 unspecified atom stereocenters. The SMILES string of the molecule is Cc1cc(C)c2c(/N=N/Cl)[nH]nc2n1. The topological polar surface area (TPSA) is 66.3 Å². The lowest BCUT2D eigenvalue weighted by Gasteiger charge is -1.96. The molecule has 1 N–H and O–H groups in total. The first-order valence-electron chi connectivity index (χ1n) is 4.06. The molecule has 0 aromatic carbocycles. The fourth-order valence-electron chi connectivity index (χ4n) is 1.46. The Morgan fingerprint density at radius 2 is 2.21 bits per heavy atom. The van der Waals surface area contributed by atoms with Crippen molar-refractivity contribution < 1.29 is 0 Å². The largest absolute Gasteiger partial charge is 0.257 e. The summed E-state index contributed by atoms with van der Waals surface area (Å²) in [6.45, 7) is 3.89. The van der Waals surface area contributed by atoms with Gasteiger partial charge in [0.1, 0.15) is 0 Å². The average molecular weight is 210 g/mol. The summed E-state index contributed by atoms with van der Waals surface area (Å²) in [6.07, 6.45) is 0. The first-order valence-corrected chi connectivity index (χ1v) is 4.40. The number of hydrogen-bond donors (Lipinski definition) is 1. The number of aromatic amines is 1. The van der Waals surface area contributed by atoms with Gasteiger partial charge in [-0.25, -0.2) is 4.98 Å². The minimum atomic E-state index is 0.542. The van der Waals surface area contributed by atoms with Crippen LogP contribution in [0.15, 0.2) is 15.8 Å².